The molecule has 8 heteroatoms. The molecule has 0 atom stereocenters. The van der Waals surface area contributed by atoms with E-state index >= 15 is 0 Å². The predicted octanol–water partition coefficient (Wildman–Crippen LogP) is 0.496. The number of nitrogens with zero attached hydrogens (tertiary/aromatic N) is 3. The van der Waals surface area contributed by atoms with E-state index in [2.05, 4.69) is 30.9 Å². The quantitative estimate of drug-likeness (QED) is 0.669. The van der Waals surface area contributed by atoms with Gasteiger partial charge in [0.25, 0.3) is 0 Å². The SMILES string of the molecule is CCOc1nc(NC)nc(NCC(C)(C)C(=O)NC)n1. The van der Waals surface area contributed by atoms with E-state index in [1.165, 1.54) is 0 Å². The molecule has 0 saturated heterocycles. The van der Waals surface area contributed by atoms with Crippen LogP contribution in [0.2, 0.25) is 0 Å². The third-order valence-corrected chi connectivity index (χ3v) is 2.64. The summed E-state index contributed by atoms with van der Waals surface area (Å²) in [6.45, 7) is 6.39. The molecule has 1 heterocycles. The van der Waals surface area contributed by atoms with Gasteiger partial charge < -0.3 is 20.7 Å². The zero-order valence-electron chi connectivity index (χ0n) is 12.6. The van der Waals surface area contributed by atoms with Crippen molar-refractivity contribution >= 4 is 17.8 Å². The highest BCUT2D eigenvalue weighted by molar-refractivity contribution is 5.82. The smallest absolute Gasteiger partial charge is 0.323 e. The first-order valence-electron chi connectivity index (χ1n) is 6.45. The Hall–Kier alpha value is -2.12. The predicted molar refractivity (Wildman–Crippen MR) is 76.9 cm³/mol. The minimum atomic E-state index is -0.576. The molecule has 0 aliphatic rings. The van der Waals surface area contributed by atoms with Gasteiger partial charge in [-0.2, -0.15) is 15.0 Å². The van der Waals surface area contributed by atoms with Gasteiger partial charge in [0, 0.05) is 20.6 Å². The molecule has 1 aromatic heterocycles. The summed E-state index contributed by atoms with van der Waals surface area (Å²) in [6, 6.07) is 0.243. The second kappa shape index (κ2) is 6.88. The number of carbonyl (C=O) groups excluding carboxylic acids is 1. The normalized spacial score (nSPS) is 10.8. The van der Waals surface area contributed by atoms with Gasteiger partial charge in [0.15, 0.2) is 0 Å². The first kappa shape index (κ1) is 15.9. The van der Waals surface area contributed by atoms with Crippen LogP contribution in [0.15, 0.2) is 0 Å². The zero-order valence-corrected chi connectivity index (χ0v) is 12.6. The molecule has 0 aromatic carbocycles. The molecule has 0 aliphatic heterocycles. The van der Waals surface area contributed by atoms with Gasteiger partial charge in [0.2, 0.25) is 17.8 Å². The fourth-order valence-electron chi connectivity index (χ4n) is 1.46. The number of rotatable bonds is 7. The van der Waals surface area contributed by atoms with E-state index in [-0.39, 0.29) is 11.9 Å². The Morgan fingerprint density at radius 1 is 1.20 bits per heavy atom. The van der Waals surface area contributed by atoms with Gasteiger partial charge in [-0.25, -0.2) is 0 Å². The van der Waals surface area contributed by atoms with Crippen LogP contribution in [0.5, 0.6) is 6.01 Å². The standard InChI is InChI=1S/C12H22N6O2/c1-6-20-11-17-9(14-5)16-10(18-11)15-7-12(2,3)8(19)13-4/h6-7H2,1-5H3,(H,13,19)(H2,14,15,16,17,18). The van der Waals surface area contributed by atoms with Crippen LogP contribution in [0.1, 0.15) is 20.8 Å². The summed E-state index contributed by atoms with van der Waals surface area (Å²) in [6.07, 6.45) is 0. The van der Waals surface area contributed by atoms with Crippen molar-refractivity contribution in [2.45, 2.75) is 20.8 Å². The van der Waals surface area contributed by atoms with E-state index in [0.717, 1.165) is 0 Å². The fourth-order valence-corrected chi connectivity index (χ4v) is 1.46. The van der Waals surface area contributed by atoms with Gasteiger partial charge in [-0.3, -0.25) is 4.79 Å². The Labute approximate surface area is 118 Å². The molecule has 112 valence electrons. The van der Waals surface area contributed by atoms with E-state index in [1.54, 1.807) is 14.1 Å². The second-order valence-electron chi connectivity index (χ2n) is 4.76. The van der Waals surface area contributed by atoms with Gasteiger partial charge in [-0.05, 0) is 20.8 Å². The van der Waals surface area contributed by atoms with Crippen molar-refractivity contribution in [3.8, 4) is 6.01 Å². The first-order chi connectivity index (χ1) is 9.42. The highest BCUT2D eigenvalue weighted by Crippen LogP contribution is 2.17. The van der Waals surface area contributed by atoms with Crippen LogP contribution in [0.3, 0.4) is 0 Å². The summed E-state index contributed by atoms with van der Waals surface area (Å²) in [5.41, 5.74) is -0.576. The largest absolute Gasteiger partial charge is 0.464 e. The van der Waals surface area contributed by atoms with Crippen molar-refractivity contribution in [2.75, 3.05) is 37.9 Å². The summed E-state index contributed by atoms with van der Waals surface area (Å²) in [5, 5.41) is 8.49. The fraction of sp³-hybridized carbons (Fsp3) is 0.667. The monoisotopic (exact) mass is 282 g/mol. The molecule has 20 heavy (non-hydrogen) atoms. The lowest BCUT2D eigenvalue weighted by Crippen LogP contribution is -2.39. The number of hydrogen-bond donors (Lipinski definition) is 3. The molecule has 0 fully saturated rings. The molecule has 8 nitrogen and oxygen atoms in total. The van der Waals surface area contributed by atoms with Crippen LogP contribution in [0.4, 0.5) is 11.9 Å². The molecular formula is C12H22N6O2. The molecule has 0 bridgehead atoms. The van der Waals surface area contributed by atoms with E-state index in [1.807, 2.05) is 20.8 Å². The Morgan fingerprint density at radius 3 is 2.40 bits per heavy atom. The Kier molecular flexibility index (Phi) is 5.48. The molecule has 0 saturated carbocycles. The van der Waals surface area contributed by atoms with Crippen LogP contribution in [0.25, 0.3) is 0 Å². The van der Waals surface area contributed by atoms with Gasteiger partial charge in [-0.1, -0.05) is 0 Å². The van der Waals surface area contributed by atoms with Gasteiger partial charge in [0.05, 0.1) is 12.0 Å². The average molecular weight is 282 g/mol. The van der Waals surface area contributed by atoms with E-state index in [9.17, 15) is 4.79 Å². The number of ether oxygens (including phenoxy) is 1. The van der Waals surface area contributed by atoms with Crippen LogP contribution in [-0.2, 0) is 4.79 Å². The number of amides is 1. The lowest BCUT2D eigenvalue weighted by molar-refractivity contribution is -0.128. The summed E-state index contributed by atoms with van der Waals surface area (Å²) < 4.78 is 5.27. The number of aromatic nitrogens is 3. The van der Waals surface area contributed by atoms with Crippen LogP contribution >= 0.6 is 0 Å². The van der Waals surface area contributed by atoms with E-state index in [0.29, 0.717) is 25.0 Å². The van der Waals surface area contributed by atoms with Crippen molar-refractivity contribution in [1.29, 1.82) is 0 Å². The highest BCUT2D eigenvalue weighted by Gasteiger charge is 2.26. The highest BCUT2D eigenvalue weighted by atomic mass is 16.5. The molecule has 0 radical (unpaired) electrons. The van der Waals surface area contributed by atoms with Crippen molar-refractivity contribution < 1.29 is 9.53 Å². The Morgan fingerprint density at radius 2 is 1.85 bits per heavy atom. The number of anilines is 2. The zero-order chi connectivity index (χ0) is 15.2. The van der Waals surface area contributed by atoms with Crippen LogP contribution in [-0.4, -0.2) is 48.1 Å². The average Bonchev–Trinajstić information content (AvgIpc) is 2.44. The number of hydrogen-bond acceptors (Lipinski definition) is 7. The third kappa shape index (κ3) is 4.22. The maximum absolute atomic E-state index is 11.7. The summed E-state index contributed by atoms with van der Waals surface area (Å²) in [7, 11) is 3.32. The molecular weight excluding hydrogens is 260 g/mol. The number of nitrogens with one attached hydrogen (secondary N) is 3. The minimum absolute atomic E-state index is 0.0575. The molecule has 1 rings (SSSR count). The van der Waals surface area contributed by atoms with Crippen molar-refractivity contribution in [1.82, 2.24) is 20.3 Å². The summed E-state index contributed by atoms with van der Waals surface area (Å²) >= 11 is 0. The second-order valence-corrected chi connectivity index (χ2v) is 4.76. The van der Waals surface area contributed by atoms with Crippen LogP contribution < -0.4 is 20.7 Å². The lowest BCUT2D eigenvalue weighted by atomic mass is 9.92. The van der Waals surface area contributed by atoms with E-state index in [4.69, 9.17) is 4.74 Å². The maximum Gasteiger partial charge on any atom is 0.323 e. The van der Waals surface area contributed by atoms with Crippen LogP contribution in [0, 0.1) is 5.41 Å². The third-order valence-electron chi connectivity index (χ3n) is 2.64. The number of carbonyl (C=O) groups is 1. The van der Waals surface area contributed by atoms with Gasteiger partial charge in [-0.15, -0.1) is 0 Å². The Bertz CT molecular complexity index is 463. The maximum atomic E-state index is 11.7. The van der Waals surface area contributed by atoms with E-state index < -0.39 is 5.41 Å². The molecule has 3 N–H and O–H groups in total. The Balaban J connectivity index is 2.81. The lowest BCUT2D eigenvalue weighted by Gasteiger charge is -2.22. The van der Waals surface area contributed by atoms with Crippen molar-refractivity contribution in [3.05, 3.63) is 0 Å². The molecule has 1 amide bonds. The summed E-state index contributed by atoms with van der Waals surface area (Å²) in [4.78, 5) is 24.1. The van der Waals surface area contributed by atoms with Gasteiger partial charge >= 0.3 is 6.01 Å². The molecule has 0 unspecified atom stereocenters. The van der Waals surface area contributed by atoms with Crippen molar-refractivity contribution in [3.63, 3.8) is 0 Å². The van der Waals surface area contributed by atoms with Gasteiger partial charge in [0.1, 0.15) is 0 Å². The molecule has 0 aliphatic carbocycles. The molecule has 0 spiro atoms. The minimum Gasteiger partial charge on any atom is -0.464 e. The topological polar surface area (TPSA) is 101 Å². The first-order valence-corrected chi connectivity index (χ1v) is 6.45. The van der Waals surface area contributed by atoms with Crippen molar-refractivity contribution in [2.24, 2.45) is 5.41 Å². The molecule has 1 aromatic rings. The summed E-state index contributed by atoms with van der Waals surface area (Å²) in [5.74, 6) is 0.714.